The van der Waals surface area contributed by atoms with Gasteiger partial charge in [0.1, 0.15) is 17.2 Å². The number of rotatable bonds is 10. The number of anilines is 1. The molecular weight excluding hydrogens is 552 g/mol. The molecule has 0 saturated heterocycles. The van der Waals surface area contributed by atoms with E-state index in [-0.39, 0.29) is 17.3 Å². The second kappa shape index (κ2) is 12.5. The van der Waals surface area contributed by atoms with E-state index in [9.17, 15) is 18.0 Å². The van der Waals surface area contributed by atoms with Gasteiger partial charge in [-0.1, -0.05) is 54.6 Å². The van der Waals surface area contributed by atoms with Gasteiger partial charge < -0.3 is 14.8 Å². The van der Waals surface area contributed by atoms with Crippen LogP contribution in [0.25, 0.3) is 0 Å². The molecule has 1 amide bonds. The van der Waals surface area contributed by atoms with Crippen LogP contribution in [0.3, 0.4) is 0 Å². The molecule has 0 radical (unpaired) electrons. The number of carbonyl (C=O) groups excluding carboxylic acids is 2. The van der Waals surface area contributed by atoms with Gasteiger partial charge in [0, 0.05) is 16.3 Å². The first-order valence-corrected chi connectivity index (χ1v) is 13.8. The maximum Gasteiger partial charge on any atom is 0.354 e. The van der Waals surface area contributed by atoms with E-state index in [2.05, 4.69) is 11.9 Å². The standard InChI is InChI=1S/C30H25ClN2O6S/c1-21(30(35)38-2)33(20-23-10-6-7-11-28(23)32-29(34)22-8-4-3-5-9-22)40(36,37)27-18-16-26(17-19-27)39-25-14-12-24(31)13-15-25/h3-19H,1,20H2,2H3,(H,32,34). The maximum atomic E-state index is 13.8. The van der Waals surface area contributed by atoms with Crippen molar-refractivity contribution in [3.63, 3.8) is 0 Å². The van der Waals surface area contributed by atoms with Crippen molar-refractivity contribution in [2.24, 2.45) is 0 Å². The van der Waals surface area contributed by atoms with Crippen molar-refractivity contribution in [1.29, 1.82) is 0 Å². The van der Waals surface area contributed by atoms with Gasteiger partial charge in [0.2, 0.25) is 0 Å². The maximum absolute atomic E-state index is 13.8. The van der Waals surface area contributed by atoms with Crippen LogP contribution in [0.1, 0.15) is 15.9 Å². The van der Waals surface area contributed by atoms with E-state index in [1.54, 1.807) is 78.9 Å². The van der Waals surface area contributed by atoms with Crippen LogP contribution in [0, 0.1) is 0 Å². The van der Waals surface area contributed by atoms with Crippen molar-refractivity contribution in [3.8, 4) is 11.5 Å². The third-order valence-electron chi connectivity index (χ3n) is 5.80. The van der Waals surface area contributed by atoms with Crippen LogP contribution in [-0.2, 0) is 26.1 Å². The Morgan fingerprint density at radius 1 is 0.850 bits per heavy atom. The van der Waals surface area contributed by atoms with Gasteiger partial charge in [-0.25, -0.2) is 13.2 Å². The Kier molecular flexibility index (Phi) is 8.88. The highest BCUT2D eigenvalue weighted by atomic mass is 35.5. The molecule has 4 aromatic rings. The van der Waals surface area contributed by atoms with E-state index < -0.39 is 21.7 Å². The predicted molar refractivity (Wildman–Crippen MR) is 153 cm³/mol. The topological polar surface area (TPSA) is 102 Å². The number of amides is 1. The summed E-state index contributed by atoms with van der Waals surface area (Å²) in [6, 6.07) is 27.7. The zero-order valence-corrected chi connectivity index (χ0v) is 23.0. The Morgan fingerprint density at radius 2 is 1.43 bits per heavy atom. The van der Waals surface area contributed by atoms with Crippen LogP contribution in [0.15, 0.2) is 120 Å². The third kappa shape index (κ3) is 6.69. The van der Waals surface area contributed by atoms with Crippen LogP contribution in [-0.4, -0.2) is 31.7 Å². The Balaban J connectivity index is 1.62. The van der Waals surface area contributed by atoms with Crippen LogP contribution >= 0.6 is 11.6 Å². The molecule has 0 saturated carbocycles. The van der Waals surface area contributed by atoms with Crippen molar-refractivity contribution < 1.29 is 27.5 Å². The zero-order valence-electron chi connectivity index (χ0n) is 21.4. The number of carbonyl (C=O) groups is 2. The lowest BCUT2D eigenvalue weighted by atomic mass is 10.1. The van der Waals surface area contributed by atoms with Crippen molar-refractivity contribution in [2.75, 3.05) is 12.4 Å². The Morgan fingerprint density at radius 3 is 2.05 bits per heavy atom. The summed E-state index contributed by atoms with van der Waals surface area (Å²) in [5.74, 6) is -0.369. The molecule has 0 aliphatic rings. The normalized spacial score (nSPS) is 10.8. The molecule has 0 fully saturated rings. The minimum absolute atomic E-state index is 0.105. The molecule has 0 atom stereocenters. The van der Waals surface area contributed by atoms with Crippen LogP contribution < -0.4 is 10.1 Å². The Bertz CT molecular complexity index is 1620. The number of methoxy groups -OCH3 is 1. The van der Waals surface area contributed by atoms with Gasteiger partial charge in [-0.05, 0) is 72.3 Å². The molecular formula is C30H25ClN2O6S. The number of nitrogens with one attached hydrogen (secondary N) is 1. The fraction of sp³-hybridized carbons (Fsp3) is 0.0667. The highest BCUT2D eigenvalue weighted by Gasteiger charge is 2.30. The molecule has 40 heavy (non-hydrogen) atoms. The summed E-state index contributed by atoms with van der Waals surface area (Å²) in [5.41, 5.74) is 0.846. The number of esters is 1. The SMILES string of the molecule is C=C(C(=O)OC)N(Cc1ccccc1NC(=O)c1ccccc1)S(=O)(=O)c1ccc(Oc2ccc(Cl)cc2)cc1. The summed E-state index contributed by atoms with van der Waals surface area (Å²) >= 11 is 5.91. The monoisotopic (exact) mass is 576 g/mol. The zero-order chi connectivity index (χ0) is 28.7. The smallest absolute Gasteiger partial charge is 0.354 e. The van der Waals surface area contributed by atoms with Crippen molar-refractivity contribution >= 4 is 39.2 Å². The second-order valence-corrected chi connectivity index (χ2v) is 10.8. The first-order chi connectivity index (χ1) is 19.2. The van der Waals surface area contributed by atoms with Crippen LogP contribution in [0.4, 0.5) is 5.69 Å². The summed E-state index contributed by atoms with van der Waals surface area (Å²) in [5, 5.41) is 3.36. The lowest BCUT2D eigenvalue weighted by Crippen LogP contribution is -2.33. The van der Waals surface area contributed by atoms with Gasteiger partial charge in [0.15, 0.2) is 0 Å². The summed E-state index contributed by atoms with van der Waals surface area (Å²) in [7, 11) is -3.16. The second-order valence-electron chi connectivity index (χ2n) is 8.45. The number of hydrogen-bond acceptors (Lipinski definition) is 6. The highest BCUT2D eigenvalue weighted by molar-refractivity contribution is 7.89. The van der Waals surface area contributed by atoms with E-state index in [0.717, 1.165) is 11.4 Å². The molecule has 1 N–H and O–H groups in total. The fourth-order valence-corrected chi connectivity index (χ4v) is 5.24. The number of halogens is 1. The van der Waals surface area contributed by atoms with Crippen molar-refractivity contribution in [3.05, 3.63) is 132 Å². The molecule has 204 valence electrons. The fourth-order valence-electron chi connectivity index (χ4n) is 3.71. The lowest BCUT2D eigenvalue weighted by molar-refractivity contribution is -0.137. The van der Waals surface area contributed by atoms with Crippen LogP contribution in [0.2, 0.25) is 5.02 Å². The molecule has 0 bridgehead atoms. The number of benzene rings is 4. The Labute approximate surface area is 237 Å². The first-order valence-electron chi connectivity index (χ1n) is 12.0. The number of ether oxygens (including phenoxy) is 2. The molecule has 0 aromatic heterocycles. The average molecular weight is 577 g/mol. The van der Waals surface area contributed by atoms with Gasteiger partial charge >= 0.3 is 5.97 Å². The molecule has 0 aliphatic heterocycles. The van der Waals surface area contributed by atoms with Gasteiger partial charge in [0.25, 0.3) is 15.9 Å². The third-order valence-corrected chi connectivity index (χ3v) is 7.85. The minimum atomic E-state index is -4.30. The molecule has 0 aliphatic carbocycles. The highest BCUT2D eigenvalue weighted by Crippen LogP contribution is 2.29. The van der Waals surface area contributed by atoms with Gasteiger partial charge in [-0.3, -0.25) is 9.10 Å². The van der Waals surface area contributed by atoms with Gasteiger partial charge in [-0.15, -0.1) is 0 Å². The summed E-state index contributed by atoms with van der Waals surface area (Å²) in [6.45, 7) is 3.38. The lowest BCUT2D eigenvalue weighted by Gasteiger charge is -2.26. The number of sulfonamides is 1. The molecule has 0 spiro atoms. The van der Waals surface area contributed by atoms with Crippen molar-refractivity contribution in [1.82, 2.24) is 4.31 Å². The van der Waals surface area contributed by atoms with E-state index >= 15 is 0 Å². The van der Waals surface area contributed by atoms with E-state index in [1.165, 1.54) is 24.3 Å². The molecule has 0 unspecified atom stereocenters. The van der Waals surface area contributed by atoms with E-state index in [1.807, 2.05) is 0 Å². The number of hydrogen-bond donors (Lipinski definition) is 1. The largest absolute Gasteiger partial charge is 0.464 e. The molecule has 8 nitrogen and oxygen atoms in total. The summed E-state index contributed by atoms with van der Waals surface area (Å²) in [4.78, 5) is 25.1. The molecule has 10 heteroatoms. The molecule has 0 heterocycles. The predicted octanol–water partition coefficient (Wildman–Crippen LogP) is 6.26. The summed E-state index contributed by atoms with van der Waals surface area (Å²) < 4.78 is 38.9. The molecule has 4 aromatic carbocycles. The summed E-state index contributed by atoms with van der Waals surface area (Å²) in [6.07, 6.45) is 0. The van der Waals surface area contributed by atoms with Crippen molar-refractivity contribution in [2.45, 2.75) is 11.4 Å². The van der Waals surface area contributed by atoms with E-state index in [0.29, 0.717) is 33.3 Å². The minimum Gasteiger partial charge on any atom is -0.464 e. The van der Waals surface area contributed by atoms with E-state index in [4.69, 9.17) is 21.1 Å². The number of nitrogens with zero attached hydrogens (tertiary/aromatic N) is 1. The average Bonchev–Trinajstić information content (AvgIpc) is 2.97. The first kappa shape index (κ1) is 28.4. The quantitative estimate of drug-likeness (QED) is 0.176. The number of para-hydroxylation sites is 1. The van der Waals surface area contributed by atoms with Crippen LogP contribution in [0.5, 0.6) is 11.5 Å². The Hall–Kier alpha value is -4.60. The molecule has 4 rings (SSSR count). The van der Waals surface area contributed by atoms with Gasteiger partial charge in [0.05, 0.1) is 18.6 Å². The van der Waals surface area contributed by atoms with Gasteiger partial charge in [-0.2, -0.15) is 0 Å².